The zero-order valence-electron chi connectivity index (χ0n) is 35.5. The summed E-state index contributed by atoms with van der Waals surface area (Å²) in [4.78, 5) is 24.2. The number of carbonyl (C=O) groups is 2. The molecule has 312 valence electrons. The number of hydrogen-bond acceptors (Lipinski definition) is 5. The number of hydrogen-bond donors (Lipinski definition) is 1. The lowest BCUT2D eigenvalue weighted by atomic mass is 10.0. The van der Waals surface area contributed by atoms with Crippen LogP contribution in [0, 0.1) is 0 Å². The Kier molecular flexibility index (Phi) is 43.4. The van der Waals surface area contributed by atoms with Crippen molar-refractivity contribution in [3.05, 3.63) is 24.3 Å². The van der Waals surface area contributed by atoms with E-state index in [4.69, 9.17) is 9.47 Å². The summed E-state index contributed by atoms with van der Waals surface area (Å²) in [5, 5.41) is 9.56. The molecule has 1 unspecified atom stereocenters. The number of unbranched alkanes of at least 4 members (excludes halogenated alkanes) is 31. The first-order chi connectivity index (χ1) is 26.1. The van der Waals surface area contributed by atoms with Gasteiger partial charge in [-0.25, -0.2) is 0 Å². The molecule has 5 nitrogen and oxygen atoms in total. The largest absolute Gasteiger partial charge is 0.462 e. The molecule has 0 amide bonds. The van der Waals surface area contributed by atoms with Crippen LogP contribution in [-0.4, -0.2) is 36.4 Å². The third-order valence-corrected chi connectivity index (χ3v) is 10.4. The van der Waals surface area contributed by atoms with E-state index >= 15 is 0 Å². The molecule has 0 fully saturated rings. The van der Waals surface area contributed by atoms with Gasteiger partial charge in [0.05, 0.1) is 6.61 Å². The van der Waals surface area contributed by atoms with Crippen LogP contribution in [0.4, 0.5) is 0 Å². The first-order valence-electron chi connectivity index (χ1n) is 23.4. The van der Waals surface area contributed by atoms with Gasteiger partial charge in [-0.05, 0) is 57.8 Å². The predicted molar refractivity (Wildman–Crippen MR) is 228 cm³/mol. The van der Waals surface area contributed by atoms with E-state index in [1.165, 1.54) is 173 Å². The van der Waals surface area contributed by atoms with E-state index in [-0.39, 0.29) is 25.2 Å². The molecule has 0 spiro atoms. The maximum atomic E-state index is 12.2. The normalized spacial score (nSPS) is 12.3. The van der Waals surface area contributed by atoms with Crippen molar-refractivity contribution in [1.29, 1.82) is 0 Å². The Morgan fingerprint density at radius 3 is 1.09 bits per heavy atom. The zero-order valence-corrected chi connectivity index (χ0v) is 35.5. The smallest absolute Gasteiger partial charge is 0.306 e. The van der Waals surface area contributed by atoms with Gasteiger partial charge >= 0.3 is 11.9 Å². The molecule has 0 aromatic heterocycles. The second-order valence-electron chi connectivity index (χ2n) is 15.8. The van der Waals surface area contributed by atoms with E-state index < -0.39 is 6.10 Å². The Hall–Kier alpha value is -1.62. The lowest BCUT2D eigenvalue weighted by molar-refractivity contribution is -0.161. The molecular formula is C48H90O5. The molecule has 0 aromatic carbocycles. The molecular weight excluding hydrogens is 657 g/mol. The number of rotatable bonds is 43. The van der Waals surface area contributed by atoms with Gasteiger partial charge < -0.3 is 14.6 Å². The second kappa shape index (κ2) is 44.8. The Bertz CT molecular complexity index is 806. The first kappa shape index (κ1) is 51.4. The molecule has 5 heteroatoms. The third-order valence-electron chi connectivity index (χ3n) is 10.4. The maximum absolute atomic E-state index is 12.2. The molecule has 0 rings (SSSR count). The van der Waals surface area contributed by atoms with Gasteiger partial charge in [-0.3, -0.25) is 9.59 Å². The van der Waals surface area contributed by atoms with E-state index in [9.17, 15) is 14.7 Å². The highest BCUT2D eigenvalue weighted by molar-refractivity contribution is 5.70. The van der Waals surface area contributed by atoms with Crippen molar-refractivity contribution in [1.82, 2.24) is 0 Å². The van der Waals surface area contributed by atoms with Gasteiger partial charge in [0.2, 0.25) is 0 Å². The van der Waals surface area contributed by atoms with Crippen LogP contribution < -0.4 is 0 Å². The molecule has 0 aliphatic heterocycles. The quantitative estimate of drug-likeness (QED) is 0.0382. The molecule has 0 aliphatic carbocycles. The minimum atomic E-state index is -0.770. The van der Waals surface area contributed by atoms with E-state index in [0.717, 1.165) is 51.4 Å². The first-order valence-corrected chi connectivity index (χ1v) is 23.4. The summed E-state index contributed by atoms with van der Waals surface area (Å²) in [6.45, 7) is 4.09. The molecule has 0 saturated carbocycles. The van der Waals surface area contributed by atoms with Crippen molar-refractivity contribution < 1.29 is 24.2 Å². The predicted octanol–water partition coefficient (Wildman–Crippen LogP) is 15.0. The van der Waals surface area contributed by atoms with E-state index in [2.05, 4.69) is 38.2 Å². The summed E-state index contributed by atoms with van der Waals surface area (Å²) in [5.41, 5.74) is 0. The lowest BCUT2D eigenvalue weighted by Crippen LogP contribution is -2.28. The molecule has 0 bridgehead atoms. The summed E-state index contributed by atoms with van der Waals surface area (Å²) in [5.74, 6) is -0.594. The van der Waals surface area contributed by atoms with Gasteiger partial charge in [-0.1, -0.05) is 205 Å². The highest BCUT2D eigenvalue weighted by Crippen LogP contribution is 2.16. The minimum Gasteiger partial charge on any atom is -0.462 e. The van der Waals surface area contributed by atoms with Crippen LogP contribution >= 0.6 is 0 Å². The maximum Gasteiger partial charge on any atom is 0.306 e. The van der Waals surface area contributed by atoms with Crippen molar-refractivity contribution in [2.24, 2.45) is 0 Å². The van der Waals surface area contributed by atoms with Crippen molar-refractivity contribution in [2.75, 3.05) is 13.2 Å². The molecule has 0 radical (unpaired) electrons. The highest BCUT2D eigenvalue weighted by Gasteiger charge is 2.16. The monoisotopic (exact) mass is 747 g/mol. The number of allylic oxidation sites excluding steroid dienone is 4. The SMILES string of the molecule is CCC/C=C\CCCCCCCC(=O)OCC(CO)OC(=O)CCCCCCCCCCCCCCCCCCC/C=C\CCCCCCCCCC. The number of aliphatic hydroxyl groups excluding tert-OH is 1. The number of esters is 2. The summed E-state index contributed by atoms with van der Waals surface area (Å²) in [7, 11) is 0. The molecule has 1 atom stereocenters. The van der Waals surface area contributed by atoms with Crippen LogP contribution in [0.1, 0.15) is 251 Å². The summed E-state index contributed by atoms with van der Waals surface area (Å²) < 4.78 is 10.6. The minimum absolute atomic E-state index is 0.0664. The molecule has 0 aliphatic rings. The highest BCUT2D eigenvalue weighted by atomic mass is 16.6. The fraction of sp³-hybridized carbons (Fsp3) is 0.875. The topological polar surface area (TPSA) is 72.8 Å². The van der Waals surface area contributed by atoms with Crippen molar-refractivity contribution in [3.63, 3.8) is 0 Å². The molecule has 1 N–H and O–H groups in total. The average molecular weight is 747 g/mol. The van der Waals surface area contributed by atoms with Crippen LogP contribution in [0.2, 0.25) is 0 Å². The Morgan fingerprint density at radius 2 is 0.736 bits per heavy atom. The molecule has 53 heavy (non-hydrogen) atoms. The van der Waals surface area contributed by atoms with Crippen molar-refractivity contribution in [2.45, 2.75) is 258 Å². The standard InChI is InChI=1S/C48H90O5/c1-3-5-7-9-11-13-15-16-17-18-19-20-21-22-23-24-25-26-27-28-29-30-31-32-33-35-37-39-41-43-48(51)53-46(44-49)45-52-47(50)42-40-38-36-34-14-12-10-8-6-4-2/h8,10,18-19,46,49H,3-7,9,11-17,20-45H2,1-2H3/b10-8-,19-18-. The molecule has 0 aromatic rings. The zero-order chi connectivity index (χ0) is 38.6. The van der Waals surface area contributed by atoms with Crippen LogP contribution in [0.3, 0.4) is 0 Å². The van der Waals surface area contributed by atoms with Gasteiger partial charge in [-0.2, -0.15) is 0 Å². The van der Waals surface area contributed by atoms with Crippen LogP contribution in [-0.2, 0) is 19.1 Å². The number of aliphatic hydroxyl groups is 1. The fourth-order valence-electron chi connectivity index (χ4n) is 6.91. The number of ether oxygens (including phenoxy) is 2. The Labute approximate surface area is 330 Å². The number of carbonyl (C=O) groups excluding carboxylic acids is 2. The van der Waals surface area contributed by atoms with Crippen molar-refractivity contribution in [3.8, 4) is 0 Å². The second-order valence-corrected chi connectivity index (χ2v) is 15.8. The summed E-state index contributed by atoms with van der Waals surface area (Å²) >= 11 is 0. The third kappa shape index (κ3) is 43.0. The van der Waals surface area contributed by atoms with Crippen LogP contribution in [0.5, 0.6) is 0 Å². The molecule has 0 heterocycles. The van der Waals surface area contributed by atoms with Gasteiger partial charge in [-0.15, -0.1) is 0 Å². The van der Waals surface area contributed by atoms with Gasteiger partial charge in [0.15, 0.2) is 6.10 Å². The summed E-state index contributed by atoms with van der Waals surface area (Å²) in [6.07, 6.45) is 54.3. The van der Waals surface area contributed by atoms with Gasteiger partial charge in [0, 0.05) is 12.8 Å². The van der Waals surface area contributed by atoms with Crippen molar-refractivity contribution >= 4 is 11.9 Å². The Balaban J connectivity index is 3.40. The summed E-state index contributed by atoms with van der Waals surface area (Å²) in [6, 6.07) is 0. The van der Waals surface area contributed by atoms with E-state index in [1.54, 1.807) is 0 Å². The van der Waals surface area contributed by atoms with E-state index in [1.807, 2.05) is 0 Å². The van der Waals surface area contributed by atoms with Gasteiger partial charge in [0.25, 0.3) is 0 Å². The van der Waals surface area contributed by atoms with Crippen LogP contribution in [0.15, 0.2) is 24.3 Å². The van der Waals surface area contributed by atoms with Crippen LogP contribution in [0.25, 0.3) is 0 Å². The van der Waals surface area contributed by atoms with Gasteiger partial charge in [0.1, 0.15) is 6.61 Å². The fourth-order valence-corrected chi connectivity index (χ4v) is 6.91. The average Bonchev–Trinajstić information content (AvgIpc) is 3.16. The molecule has 0 saturated heterocycles. The Morgan fingerprint density at radius 1 is 0.415 bits per heavy atom. The lowest BCUT2D eigenvalue weighted by Gasteiger charge is -2.15. The van der Waals surface area contributed by atoms with E-state index in [0.29, 0.717) is 12.8 Å².